The Morgan fingerprint density at radius 2 is 1.00 bits per heavy atom. The third-order valence-electron chi connectivity index (χ3n) is 0. The van der Waals surface area contributed by atoms with Crippen LogP contribution in [-0.4, -0.2) is 8.41 Å². The summed E-state index contributed by atoms with van der Waals surface area (Å²) in [6.45, 7) is 0. The van der Waals surface area contributed by atoms with E-state index >= 15 is 0 Å². The standard InChI is InChI=1S/B.Cr.Mo.Ti. The maximum Gasteiger partial charge on any atom is 0 e. The fourth-order valence-corrected chi connectivity index (χ4v) is 0. The molecule has 4 heavy (non-hydrogen) atoms. The predicted molar refractivity (Wildman–Crippen MR) is 5.75 cm³/mol. The zero-order valence-corrected chi connectivity index (χ0v) is 6.74. The summed E-state index contributed by atoms with van der Waals surface area (Å²) in [6, 6.07) is 0. The average molecular weight is 207 g/mol. The molecule has 0 atom stereocenters. The summed E-state index contributed by atoms with van der Waals surface area (Å²) in [5.41, 5.74) is 0. The predicted octanol–water partition coefficient (Wildman–Crippen LogP) is -0.388. The minimum absolute atomic E-state index is 0. The van der Waals surface area contributed by atoms with Crippen LogP contribution in [0.2, 0.25) is 0 Å². The van der Waals surface area contributed by atoms with Gasteiger partial charge in [-0.25, -0.2) is 0 Å². The Morgan fingerprint density at radius 1 is 1.00 bits per heavy atom. The van der Waals surface area contributed by atoms with Gasteiger partial charge in [0.1, 0.15) is 0 Å². The van der Waals surface area contributed by atoms with Crippen LogP contribution in [0.25, 0.3) is 0 Å². The number of hydrogen-bond acceptors (Lipinski definition) is 0. The quantitative estimate of drug-likeness (QED) is 0.474. The Kier molecular flexibility index (Phi) is 188. The zero-order chi connectivity index (χ0) is 0. The summed E-state index contributed by atoms with van der Waals surface area (Å²) in [7, 11) is 0. The molecular weight excluding hydrogens is 207 g/mol. The van der Waals surface area contributed by atoms with Crippen molar-refractivity contribution in [2.75, 3.05) is 0 Å². The summed E-state index contributed by atoms with van der Waals surface area (Å²) in [6.07, 6.45) is 0. The molecule has 19 valence electrons. The zero-order valence-electron chi connectivity index (χ0n) is 1.89. The van der Waals surface area contributed by atoms with Gasteiger partial charge < -0.3 is 0 Å². The largest absolute Gasteiger partial charge is 0 e. The summed E-state index contributed by atoms with van der Waals surface area (Å²) >= 11 is 0. The first-order chi connectivity index (χ1) is 0. The van der Waals surface area contributed by atoms with E-state index in [4.69, 9.17) is 0 Å². The van der Waals surface area contributed by atoms with Crippen molar-refractivity contribution in [2.45, 2.75) is 0 Å². The van der Waals surface area contributed by atoms with Gasteiger partial charge in [-0.05, 0) is 0 Å². The molecule has 0 aromatic carbocycles. The van der Waals surface area contributed by atoms with Crippen LogP contribution in [-0.2, 0) is 60.1 Å². The third kappa shape index (κ3) is 9.00. The van der Waals surface area contributed by atoms with Gasteiger partial charge in [-0.2, -0.15) is 0 Å². The molecule has 0 rings (SSSR count). The smallest absolute Gasteiger partial charge is 0 e. The first-order valence-corrected chi connectivity index (χ1v) is 0. The molecule has 0 unspecified atom stereocenters. The van der Waals surface area contributed by atoms with Gasteiger partial charge in [0.15, 0.2) is 0 Å². The molecular formula is BCrMoTi. The van der Waals surface area contributed by atoms with Crippen LogP contribution in [0.3, 0.4) is 0 Å². The summed E-state index contributed by atoms with van der Waals surface area (Å²) in [5, 5.41) is 0. The molecule has 0 saturated carbocycles. The van der Waals surface area contributed by atoms with Crippen LogP contribution < -0.4 is 0 Å². The van der Waals surface area contributed by atoms with Crippen LogP contribution in [0.15, 0.2) is 0 Å². The normalized spacial score (nSPS) is 0. The molecule has 0 amide bonds. The fourth-order valence-electron chi connectivity index (χ4n) is 0. The molecule has 0 N–H and O–H groups in total. The van der Waals surface area contributed by atoms with Gasteiger partial charge in [-0.15, -0.1) is 0 Å². The van der Waals surface area contributed by atoms with E-state index in [0.717, 1.165) is 0 Å². The summed E-state index contributed by atoms with van der Waals surface area (Å²) < 4.78 is 0. The third-order valence-corrected chi connectivity index (χ3v) is 0. The molecule has 0 nitrogen and oxygen atoms in total. The molecule has 0 aromatic heterocycles. The van der Waals surface area contributed by atoms with Crippen LogP contribution in [0.1, 0.15) is 0 Å². The second-order valence-corrected chi connectivity index (χ2v) is 0. The molecule has 0 aliphatic carbocycles. The van der Waals surface area contributed by atoms with E-state index in [1.807, 2.05) is 0 Å². The van der Waals surface area contributed by atoms with E-state index < -0.39 is 0 Å². The maximum atomic E-state index is 0. The SMILES string of the molecule is [B].[Cr].[Mo].[Ti]. The molecule has 0 aliphatic rings. The minimum Gasteiger partial charge on any atom is 0 e. The molecule has 4 heteroatoms. The molecule has 0 heterocycles. The van der Waals surface area contributed by atoms with Crippen LogP contribution in [0.5, 0.6) is 0 Å². The van der Waals surface area contributed by atoms with Gasteiger partial charge in [0.05, 0.1) is 0 Å². The van der Waals surface area contributed by atoms with Crippen molar-refractivity contribution >= 4 is 8.41 Å². The van der Waals surface area contributed by atoms with E-state index in [2.05, 4.69) is 0 Å². The Labute approximate surface area is 68.0 Å². The molecule has 3 radical (unpaired) electrons. The van der Waals surface area contributed by atoms with Crippen molar-refractivity contribution in [3.8, 4) is 0 Å². The molecule has 0 spiro atoms. The summed E-state index contributed by atoms with van der Waals surface area (Å²) in [4.78, 5) is 0. The van der Waals surface area contributed by atoms with Gasteiger partial charge >= 0.3 is 0 Å². The molecule has 0 bridgehead atoms. The molecule has 0 fully saturated rings. The van der Waals surface area contributed by atoms with Crippen molar-refractivity contribution < 1.29 is 60.1 Å². The topological polar surface area (TPSA) is 0 Å². The average Bonchev–Trinajstić information content (AvgIpc) is 0. The number of rotatable bonds is 0. The Balaban J connectivity index is 0. The first kappa shape index (κ1) is 37.5. The number of hydrogen-bond donors (Lipinski definition) is 0. The van der Waals surface area contributed by atoms with Crippen molar-refractivity contribution in [3.63, 3.8) is 0 Å². The van der Waals surface area contributed by atoms with E-state index in [9.17, 15) is 0 Å². The van der Waals surface area contributed by atoms with Crippen molar-refractivity contribution in [3.05, 3.63) is 0 Å². The van der Waals surface area contributed by atoms with Crippen LogP contribution in [0, 0.1) is 0 Å². The van der Waals surface area contributed by atoms with Gasteiger partial charge in [0.25, 0.3) is 0 Å². The van der Waals surface area contributed by atoms with E-state index in [1.165, 1.54) is 0 Å². The van der Waals surface area contributed by atoms with E-state index in [1.54, 1.807) is 0 Å². The van der Waals surface area contributed by atoms with Crippen molar-refractivity contribution in [1.82, 2.24) is 0 Å². The second-order valence-electron chi connectivity index (χ2n) is 0. The van der Waals surface area contributed by atoms with Gasteiger partial charge in [0, 0.05) is 68.6 Å². The Hall–Kier alpha value is 2.00. The second kappa shape index (κ2) is 20.0. The first-order valence-electron chi connectivity index (χ1n) is 0. The van der Waals surface area contributed by atoms with Gasteiger partial charge in [0.2, 0.25) is 0 Å². The van der Waals surface area contributed by atoms with Crippen molar-refractivity contribution in [1.29, 1.82) is 0 Å². The summed E-state index contributed by atoms with van der Waals surface area (Å²) in [5.74, 6) is 0. The monoisotopic (exact) mass is 209 g/mol. The fraction of sp³-hybridized carbons (Fsp3) is 0. The van der Waals surface area contributed by atoms with E-state index in [0.29, 0.717) is 0 Å². The Bertz CT molecular complexity index is 8.00. The van der Waals surface area contributed by atoms with E-state index in [-0.39, 0.29) is 68.6 Å². The maximum absolute atomic E-state index is 0. The van der Waals surface area contributed by atoms with Crippen LogP contribution in [0.4, 0.5) is 0 Å². The van der Waals surface area contributed by atoms with Gasteiger partial charge in [-0.3, -0.25) is 0 Å². The van der Waals surface area contributed by atoms with Crippen LogP contribution >= 0.6 is 0 Å². The minimum atomic E-state index is 0. The van der Waals surface area contributed by atoms with Crippen molar-refractivity contribution in [2.24, 2.45) is 0 Å². The molecule has 0 saturated heterocycles. The Morgan fingerprint density at radius 3 is 1.00 bits per heavy atom. The molecule has 0 aromatic rings. The van der Waals surface area contributed by atoms with Gasteiger partial charge in [-0.1, -0.05) is 0 Å². The molecule has 0 aliphatic heterocycles.